The minimum absolute atomic E-state index is 0.192. The van der Waals surface area contributed by atoms with Gasteiger partial charge in [-0.15, -0.1) is 0 Å². The number of nitrogens with one attached hydrogen (secondary N) is 2. The van der Waals surface area contributed by atoms with Gasteiger partial charge in [0, 0.05) is 5.69 Å². The maximum atomic E-state index is 13.2. The van der Waals surface area contributed by atoms with E-state index in [4.69, 9.17) is 4.74 Å². The van der Waals surface area contributed by atoms with Crippen molar-refractivity contribution in [2.24, 2.45) is 0 Å². The number of nitrogens with zero attached hydrogens (tertiary/aromatic N) is 1. The van der Waals surface area contributed by atoms with Gasteiger partial charge in [-0.05, 0) is 98.0 Å². The predicted molar refractivity (Wildman–Crippen MR) is 141 cm³/mol. The Morgan fingerprint density at radius 2 is 1.59 bits per heavy atom. The molecule has 5 amide bonds. The van der Waals surface area contributed by atoms with Crippen molar-refractivity contribution < 1.29 is 23.9 Å². The molecule has 0 unspecified atom stereocenters. The lowest BCUT2D eigenvalue weighted by molar-refractivity contribution is -0.122. The van der Waals surface area contributed by atoms with Crippen LogP contribution in [0.1, 0.15) is 27.8 Å². The number of benzene rings is 3. The van der Waals surface area contributed by atoms with Crippen LogP contribution in [0.25, 0.3) is 6.08 Å². The van der Waals surface area contributed by atoms with E-state index in [1.807, 2.05) is 52.0 Å². The van der Waals surface area contributed by atoms with Crippen LogP contribution in [-0.2, 0) is 14.4 Å². The van der Waals surface area contributed by atoms with E-state index in [0.717, 1.165) is 27.2 Å². The Morgan fingerprint density at radius 1 is 0.892 bits per heavy atom. The van der Waals surface area contributed by atoms with Gasteiger partial charge in [-0.25, -0.2) is 9.69 Å². The molecule has 8 heteroatoms. The Balaban J connectivity index is 1.49. The van der Waals surface area contributed by atoms with Gasteiger partial charge < -0.3 is 10.1 Å². The van der Waals surface area contributed by atoms with Crippen molar-refractivity contribution in [2.45, 2.75) is 27.7 Å². The lowest BCUT2D eigenvalue weighted by Gasteiger charge is -2.26. The van der Waals surface area contributed by atoms with E-state index in [2.05, 4.69) is 10.6 Å². The first-order valence-electron chi connectivity index (χ1n) is 11.7. The third kappa shape index (κ3) is 5.75. The molecule has 0 saturated carbocycles. The average molecular weight is 498 g/mol. The van der Waals surface area contributed by atoms with E-state index in [9.17, 15) is 19.2 Å². The monoisotopic (exact) mass is 497 g/mol. The van der Waals surface area contributed by atoms with Crippen molar-refractivity contribution in [3.63, 3.8) is 0 Å². The third-order valence-electron chi connectivity index (χ3n) is 6.18. The molecule has 1 heterocycles. The molecule has 3 aromatic rings. The van der Waals surface area contributed by atoms with Crippen LogP contribution in [0.2, 0.25) is 0 Å². The Bertz CT molecular complexity index is 1460. The number of amides is 5. The molecule has 1 aliphatic rings. The lowest BCUT2D eigenvalue weighted by atomic mass is 10.0. The SMILES string of the molecule is Cc1ccc(NC(=O)COc2cccc(/C=C3/C(=O)NC(=O)N(c4ccc(C)c(C)c4)C3=O)c2)cc1C. The molecule has 1 fully saturated rings. The first-order valence-corrected chi connectivity index (χ1v) is 11.7. The first kappa shape index (κ1) is 25.4. The summed E-state index contributed by atoms with van der Waals surface area (Å²) in [4.78, 5) is 51.4. The molecule has 1 aliphatic heterocycles. The fraction of sp³-hybridized carbons (Fsp3) is 0.172. The van der Waals surface area contributed by atoms with Crippen LogP contribution in [-0.4, -0.2) is 30.4 Å². The number of carbonyl (C=O) groups is 4. The Kier molecular flexibility index (Phi) is 7.20. The molecule has 0 bridgehead atoms. The van der Waals surface area contributed by atoms with Gasteiger partial charge in [-0.1, -0.05) is 24.3 Å². The molecule has 0 aromatic heterocycles. The molecule has 1 saturated heterocycles. The van der Waals surface area contributed by atoms with Crippen LogP contribution in [0.15, 0.2) is 66.2 Å². The van der Waals surface area contributed by atoms with Crippen molar-refractivity contribution in [2.75, 3.05) is 16.8 Å². The summed E-state index contributed by atoms with van der Waals surface area (Å²) < 4.78 is 5.62. The summed E-state index contributed by atoms with van der Waals surface area (Å²) in [5.41, 5.74) is 5.48. The second kappa shape index (κ2) is 10.5. The van der Waals surface area contributed by atoms with Crippen LogP contribution >= 0.6 is 0 Å². The quantitative estimate of drug-likeness (QED) is 0.382. The third-order valence-corrected chi connectivity index (χ3v) is 6.18. The zero-order valence-electron chi connectivity index (χ0n) is 21.0. The van der Waals surface area contributed by atoms with Crippen LogP contribution < -0.4 is 20.3 Å². The van der Waals surface area contributed by atoms with Crippen LogP contribution in [0.4, 0.5) is 16.2 Å². The van der Waals surface area contributed by atoms with E-state index in [1.165, 1.54) is 6.08 Å². The number of hydrogen-bond acceptors (Lipinski definition) is 5. The topological polar surface area (TPSA) is 105 Å². The number of ether oxygens (including phenoxy) is 1. The normalized spacial score (nSPS) is 14.5. The largest absolute Gasteiger partial charge is 0.484 e. The molecular weight excluding hydrogens is 470 g/mol. The Morgan fingerprint density at radius 3 is 2.30 bits per heavy atom. The highest BCUT2D eigenvalue weighted by Crippen LogP contribution is 2.25. The van der Waals surface area contributed by atoms with Gasteiger partial charge in [0.25, 0.3) is 17.7 Å². The molecule has 37 heavy (non-hydrogen) atoms. The standard InChI is InChI=1S/C29H27N3O5/c1-17-8-10-22(12-19(17)3)30-26(33)16-37-24-7-5-6-21(14-24)15-25-27(34)31-29(36)32(28(25)35)23-11-9-18(2)20(4)13-23/h5-15H,16H2,1-4H3,(H,30,33)(H,31,34,36)/b25-15-. The number of hydrogen-bond donors (Lipinski definition) is 2. The number of carbonyl (C=O) groups excluding carboxylic acids is 4. The van der Waals surface area contributed by atoms with Gasteiger partial charge in [-0.2, -0.15) is 0 Å². The zero-order chi connectivity index (χ0) is 26.7. The first-order chi connectivity index (χ1) is 17.6. The van der Waals surface area contributed by atoms with E-state index in [-0.39, 0.29) is 18.1 Å². The Hall–Kier alpha value is -4.72. The molecule has 188 valence electrons. The summed E-state index contributed by atoms with van der Waals surface area (Å²) in [5.74, 6) is -1.45. The van der Waals surface area contributed by atoms with Crippen LogP contribution in [0, 0.1) is 27.7 Å². The number of aryl methyl sites for hydroxylation is 4. The summed E-state index contributed by atoms with van der Waals surface area (Å²) >= 11 is 0. The maximum absolute atomic E-state index is 13.2. The van der Waals surface area contributed by atoms with E-state index in [1.54, 1.807) is 36.4 Å². The maximum Gasteiger partial charge on any atom is 0.335 e. The van der Waals surface area contributed by atoms with Crippen molar-refractivity contribution >= 4 is 41.2 Å². The van der Waals surface area contributed by atoms with Crippen molar-refractivity contribution in [1.29, 1.82) is 0 Å². The minimum atomic E-state index is -0.803. The number of barbiturate groups is 1. The molecule has 2 N–H and O–H groups in total. The number of imide groups is 2. The van der Waals surface area contributed by atoms with Crippen molar-refractivity contribution in [3.05, 3.63) is 94.1 Å². The van der Waals surface area contributed by atoms with Gasteiger partial charge >= 0.3 is 6.03 Å². The lowest BCUT2D eigenvalue weighted by Crippen LogP contribution is -2.54. The highest BCUT2D eigenvalue weighted by atomic mass is 16.5. The summed E-state index contributed by atoms with van der Waals surface area (Å²) in [5, 5.41) is 5.02. The fourth-order valence-electron chi connectivity index (χ4n) is 3.78. The van der Waals surface area contributed by atoms with Gasteiger partial charge in [-0.3, -0.25) is 19.7 Å². The summed E-state index contributed by atoms with van der Waals surface area (Å²) in [6, 6.07) is 16.7. The summed E-state index contributed by atoms with van der Waals surface area (Å²) in [6.45, 7) is 7.54. The van der Waals surface area contributed by atoms with E-state index >= 15 is 0 Å². The van der Waals surface area contributed by atoms with Gasteiger partial charge in [0.05, 0.1) is 5.69 Å². The fourth-order valence-corrected chi connectivity index (χ4v) is 3.78. The average Bonchev–Trinajstić information content (AvgIpc) is 2.85. The highest BCUT2D eigenvalue weighted by molar-refractivity contribution is 6.39. The van der Waals surface area contributed by atoms with Crippen molar-refractivity contribution in [3.8, 4) is 5.75 Å². The van der Waals surface area contributed by atoms with E-state index < -0.39 is 17.8 Å². The van der Waals surface area contributed by atoms with Gasteiger partial charge in [0.1, 0.15) is 11.3 Å². The molecule has 0 spiro atoms. The molecule has 0 atom stereocenters. The van der Waals surface area contributed by atoms with Gasteiger partial charge in [0.15, 0.2) is 6.61 Å². The van der Waals surface area contributed by atoms with Crippen molar-refractivity contribution in [1.82, 2.24) is 5.32 Å². The van der Waals surface area contributed by atoms with Crippen LogP contribution in [0.5, 0.6) is 5.75 Å². The Labute approximate surface area is 214 Å². The zero-order valence-corrected chi connectivity index (χ0v) is 21.0. The summed E-state index contributed by atoms with van der Waals surface area (Å²) in [6.07, 6.45) is 1.39. The molecule has 0 aliphatic carbocycles. The highest BCUT2D eigenvalue weighted by Gasteiger charge is 2.36. The predicted octanol–water partition coefficient (Wildman–Crippen LogP) is 4.60. The smallest absolute Gasteiger partial charge is 0.335 e. The van der Waals surface area contributed by atoms with Crippen LogP contribution in [0.3, 0.4) is 0 Å². The second-order valence-electron chi connectivity index (χ2n) is 8.93. The molecule has 4 rings (SSSR count). The minimum Gasteiger partial charge on any atom is -0.484 e. The number of rotatable bonds is 6. The van der Waals surface area contributed by atoms with E-state index in [0.29, 0.717) is 22.7 Å². The van der Waals surface area contributed by atoms with Gasteiger partial charge in [0.2, 0.25) is 0 Å². The second-order valence-corrected chi connectivity index (χ2v) is 8.93. The number of anilines is 2. The molecule has 3 aromatic carbocycles. The summed E-state index contributed by atoms with van der Waals surface area (Å²) in [7, 11) is 0. The number of urea groups is 1. The molecule has 8 nitrogen and oxygen atoms in total. The molecular formula is C29H27N3O5. The molecule has 0 radical (unpaired) electrons.